The number of rotatable bonds is 3. The van der Waals surface area contributed by atoms with Crippen molar-refractivity contribution in [1.29, 1.82) is 5.26 Å². The third-order valence-corrected chi connectivity index (χ3v) is 3.19. The molecule has 0 saturated carbocycles. The highest BCUT2D eigenvalue weighted by Crippen LogP contribution is 2.22. The minimum absolute atomic E-state index is 0.641. The Kier molecular flexibility index (Phi) is 3.94. The molecule has 0 saturated heterocycles. The molecule has 3 nitrogen and oxygen atoms in total. The van der Waals surface area contributed by atoms with E-state index in [2.05, 4.69) is 11.0 Å². The molecule has 4 heteroatoms. The van der Waals surface area contributed by atoms with Crippen LogP contribution < -0.4 is 10.6 Å². The molecule has 0 heterocycles. The zero-order valence-corrected chi connectivity index (χ0v) is 11.4. The summed E-state index contributed by atoms with van der Waals surface area (Å²) in [6, 6.07) is 15.1. The maximum atomic E-state index is 8.77. The van der Waals surface area contributed by atoms with E-state index in [-0.39, 0.29) is 0 Å². The van der Waals surface area contributed by atoms with E-state index < -0.39 is 0 Å². The maximum Gasteiger partial charge on any atom is 0.0991 e. The number of nitrogens with zero attached hydrogens (tertiary/aromatic N) is 2. The van der Waals surface area contributed by atoms with E-state index in [4.69, 9.17) is 22.6 Å². The first-order valence-electron chi connectivity index (χ1n) is 5.85. The van der Waals surface area contributed by atoms with Crippen LogP contribution in [0.1, 0.15) is 11.1 Å². The van der Waals surface area contributed by atoms with Gasteiger partial charge >= 0.3 is 0 Å². The van der Waals surface area contributed by atoms with Gasteiger partial charge < -0.3 is 10.6 Å². The number of nitrogens with two attached hydrogens (primary N) is 1. The molecule has 0 aliphatic heterocycles. The van der Waals surface area contributed by atoms with Crippen molar-refractivity contribution in [3.05, 3.63) is 58.6 Å². The summed E-state index contributed by atoms with van der Waals surface area (Å²) >= 11 is 5.88. The van der Waals surface area contributed by atoms with Crippen molar-refractivity contribution in [3.63, 3.8) is 0 Å². The molecule has 0 bridgehead atoms. The van der Waals surface area contributed by atoms with Crippen molar-refractivity contribution >= 4 is 23.0 Å². The lowest BCUT2D eigenvalue weighted by molar-refractivity contribution is 0.925. The summed E-state index contributed by atoms with van der Waals surface area (Å²) in [5.74, 6) is 0. The quantitative estimate of drug-likeness (QED) is 0.870. The van der Waals surface area contributed by atoms with E-state index in [0.717, 1.165) is 11.3 Å². The van der Waals surface area contributed by atoms with Gasteiger partial charge in [0.25, 0.3) is 0 Å². The van der Waals surface area contributed by atoms with Crippen LogP contribution in [0.4, 0.5) is 11.4 Å². The van der Waals surface area contributed by atoms with E-state index in [9.17, 15) is 0 Å². The Hall–Kier alpha value is -2.18. The molecule has 0 fully saturated rings. The molecule has 2 aromatic carbocycles. The Morgan fingerprint density at radius 2 is 1.89 bits per heavy atom. The van der Waals surface area contributed by atoms with Crippen LogP contribution in [-0.4, -0.2) is 7.05 Å². The summed E-state index contributed by atoms with van der Waals surface area (Å²) in [5, 5.41) is 9.41. The highest BCUT2D eigenvalue weighted by molar-refractivity contribution is 6.30. The molecule has 2 N–H and O–H groups in total. The smallest absolute Gasteiger partial charge is 0.0991 e. The van der Waals surface area contributed by atoms with Gasteiger partial charge in [-0.3, -0.25) is 0 Å². The van der Waals surface area contributed by atoms with Gasteiger partial charge in [-0.25, -0.2) is 0 Å². The normalized spacial score (nSPS) is 9.95. The van der Waals surface area contributed by atoms with Crippen LogP contribution in [0.3, 0.4) is 0 Å². The molecule has 0 amide bonds. The third-order valence-electron chi connectivity index (χ3n) is 2.95. The fourth-order valence-electron chi connectivity index (χ4n) is 1.85. The predicted octanol–water partition coefficient (Wildman–Crippen LogP) is 3.43. The van der Waals surface area contributed by atoms with Crippen molar-refractivity contribution in [2.75, 3.05) is 17.7 Å². The standard InChI is InChI=1S/C15H14ClN3/c1-19(14-6-2-11(9-17)3-7-14)10-12-4-5-13(16)8-15(12)18/h2-8H,10,18H2,1H3. The molecule has 19 heavy (non-hydrogen) atoms. The second kappa shape index (κ2) is 5.64. The molecule has 0 aromatic heterocycles. The predicted molar refractivity (Wildman–Crippen MR) is 79.1 cm³/mol. The number of nitriles is 1. The van der Waals surface area contributed by atoms with Gasteiger partial charge in [0.15, 0.2) is 0 Å². The first-order chi connectivity index (χ1) is 9.10. The van der Waals surface area contributed by atoms with Gasteiger partial charge in [0.2, 0.25) is 0 Å². The van der Waals surface area contributed by atoms with Crippen LogP contribution in [0.15, 0.2) is 42.5 Å². The monoisotopic (exact) mass is 271 g/mol. The minimum atomic E-state index is 0.641. The van der Waals surface area contributed by atoms with Crippen LogP contribution in [0.25, 0.3) is 0 Å². The first-order valence-corrected chi connectivity index (χ1v) is 6.23. The highest BCUT2D eigenvalue weighted by Gasteiger charge is 2.05. The summed E-state index contributed by atoms with van der Waals surface area (Å²) in [4.78, 5) is 2.07. The molecule has 0 spiro atoms. The fourth-order valence-corrected chi connectivity index (χ4v) is 2.03. The largest absolute Gasteiger partial charge is 0.398 e. The first kappa shape index (κ1) is 13.3. The topological polar surface area (TPSA) is 53.0 Å². The lowest BCUT2D eigenvalue weighted by Crippen LogP contribution is -2.17. The van der Waals surface area contributed by atoms with E-state index in [1.807, 2.05) is 31.3 Å². The third kappa shape index (κ3) is 3.18. The molecule has 0 atom stereocenters. The zero-order chi connectivity index (χ0) is 13.8. The fraction of sp³-hybridized carbons (Fsp3) is 0.133. The molecule has 2 rings (SSSR count). The Balaban J connectivity index is 2.16. The molecular formula is C15H14ClN3. The molecule has 0 unspecified atom stereocenters. The van der Waals surface area contributed by atoms with Gasteiger partial charge in [-0.1, -0.05) is 17.7 Å². The van der Waals surface area contributed by atoms with E-state index in [0.29, 0.717) is 22.8 Å². The summed E-state index contributed by atoms with van der Waals surface area (Å²) in [6.07, 6.45) is 0. The Labute approximate surface area is 117 Å². The van der Waals surface area contributed by atoms with Gasteiger partial charge in [0.05, 0.1) is 11.6 Å². The maximum absolute atomic E-state index is 8.77. The van der Waals surface area contributed by atoms with E-state index in [1.54, 1.807) is 18.2 Å². The second-order valence-corrected chi connectivity index (χ2v) is 4.79. The minimum Gasteiger partial charge on any atom is -0.398 e. The van der Waals surface area contributed by atoms with Crippen molar-refractivity contribution in [3.8, 4) is 6.07 Å². The average molecular weight is 272 g/mol. The summed E-state index contributed by atoms with van der Waals surface area (Å²) < 4.78 is 0. The summed E-state index contributed by atoms with van der Waals surface area (Å²) in [5.41, 5.74) is 9.34. The zero-order valence-electron chi connectivity index (χ0n) is 10.6. The van der Waals surface area contributed by atoms with Crippen molar-refractivity contribution < 1.29 is 0 Å². The van der Waals surface area contributed by atoms with Crippen LogP contribution in [-0.2, 0) is 6.54 Å². The molecule has 96 valence electrons. The van der Waals surface area contributed by atoms with Crippen molar-refractivity contribution in [2.24, 2.45) is 0 Å². The molecule has 0 aliphatic carbocycles. The van der Waals surface area contributed by atoms with E-state index in [1.165, 1.54) is 0 Å². The highest BCUT2D eigenvalue weighted by atomic mass is 35.5. The molecule has 2 aromatic rings. The lowest BCUT2D eigenvalue weighted by Gasteiger charge is -2.20. The van der Waals surface area contributed by atoms with Crippen LogP contribution in [0.2, 0.25) is 5.02 Å². The molecule has 0 aliphatic rings. The Morgan fingerprint density at radius 1 is 1.21 bits per heavy atom. The Morgan fingerprint density at radius 3 is 2.47 bits per heavy atom. The number of benzene rings is 2. The van der Waals surface area contributed by atoms with Crippen LogP contribution in [0, 0.1) is 11.3 Å². The number of nitrogen functional groups attached to an aromatic ring is 1. The van der Waals surface area contributed by atoms with Gasteiger partial charge in [-0.15, -0.1) is 0 Å². The lowest BCUT2D eigenvalue weighted by atomic mass is 10.1. The summed E-state index contributed by atoms with van der Waals surface area (Å²) in [7, 11) is 1.98. The molecular weight excluding hydrogens is 258 g/mol. The Bertz CT molecular complexity index is 614. The van der Waals surface area contributed by atoms with E-state index >= 15 is 0 Å². The number of anilines is 2. The average Bonchev–Trinajstić information content (AvgIpc) is 2.42. The number of halogens is 1. The van der Waals surface area contributed by atoms with Gasteiger partial charge in [-0.05, 0) is 42.0 Å². The number of hydrogen-bond acceptors (Lipinski definition) is 3. The van der Waals surface area contributed by atoms with Crippen LogP contribution in [0.5, 0.6) is 0 Å². The van der Waals surface area contributed by atoms with Crippen molar-refractivity contribution in [1.82, 2.24) is 0 Å². The number of hydrogen-bond donors (Lipinski definition) is 1. The van der Waals surface area contributed by atoms with Gasteiger partial charge in [0.1, 0.15) is 0 Å². The van der Waals surface area contributed by atoms with Crippen molar-refractivity contribution in [2.45, 2.75) is 6.54 Å². The van der Waals surface area contributed by atoms with Gasteiger partial charge in [0, 0.05) is 30.0 Å². The molecule has 0 radical (unpaired) electrons. The SMILES string of the molecule is CN(Cc1ccc(Cl)cc1N)c1ccc(C#N)cc1. The second-order valence-electron chi connectivity index (χ2n) is 4.36. The van der Waals surface area contributed by atoms with Gasteiger partial charge in [-0.2, -0.15) is 5.26 Å². The summed E-state index contributed by atoms with van der Waals surface area (Å²) in [6.45, 7) is 0.689. The van der Waals surface area contributed by atoms with Crippen LogP contribution >= 0.6 is 11.6 Å².